The summed E-state index contributed by atoms with van der Waals surface area (Å²) in [6, 6.07) is 9.44. The second-order valence-electron chi connectivity index (χ2n) is 4.74. The van der Waals surface area contributed by atoms with Gasteiger partial charge in [-0.3, -0.25) is 9.69 Å². The number of fused-ring (bicyclic) bond motifs is 1. The summed E-state index contributed by atoms with van der Waals surface area (Å²) >= 11 is 0. The van der Waals surface area contributed by atoms with Crippen molar-refractivity contribution in [1.29, 1.82) is 0 Å². The van der Waals surface area contributed by atoms with Crippen LogP contribution in [0.1, 0.15) is 23.2 Å². The summed E-state index contributed by atoms with van der Waals surface area (Å²) in [5.74, 6) is 0.193. The number of benzene rings is 1. The number of hydrogen-bond acceptors (Lipinski definition) is 4. The second-order valence-corrected chi connectivity index (χ2v) is 4.74. The van der Waals surface area contributed by atoms with E-state index in [0.29, 0.717) is 13.2 Å². The zero-order valence-electron chi connectivity index (χ0n) is 10.2. The zero-order chi connectivity index (χ0) is 12.4. The average molecular weight is 247 g/mol. The molecule has 0 spiro atoms. The van der Waals surface area contributed by atoms with E-state index < -0.39 is 0 Å². The Morgan fingerprint density at radius 3 is 2.94 bits per heavy atom. The highest BCUT2D eigenvalue weighted by Gasteiger charge is 2.39. The third kappa shape index (κ3) is 2.32. The first-order valence-electron chi connectivity index (χ1n) is 6.40. The van der Waals surface area contributed by atoms with E-state index in [1.54, 1.807) is 0 Å². The molecule has 2 unspecified atom stereocenters. The van der Waals surface area contributed by atoms with E-state index in [2.05, 4.69) is 4.90 Å². The predicted octanol–water partition coefficient (Wildman–Crippen LogP) is 1.66. The van der Waals surface area contributed by atoms with Gasteiger partial charge in [-0.05, 0) is 6.42 Å². The Bertz CT molecular complexity index is 420. The lowest BCUT2D eigenvalue weighted by atomic mass is 10.1. The van der Waals surface area contributed by atoms with Gasteiger partial charge in [0.2, 0.25) is 0 Å². The van der Waals surface area contributed by atoms with Crippen molar-refractivity contribution < 1.29 is 14.3 Å². The second kappa shape index (κ2) is 5.18. The lowest BCUT2D eigenvalue weighted by Crippen LogP contribution is -2.34. The summed E-state index contributed by atoms with van der Waals surface area (Å²) in [5.41, 5.74) is 0.789. The molecule has 1 aromatic rings. The van der Waals surface area contributed by atoms with Gasteiger partial charge in [-0.15, -0.1) is 0 Å². The molecule has 2 aliphatic rings. The minimum absolute atomic E-state index is 0.0635. The van der Waals surface area contributed by atoms with Gasteiger partial charge in [0, 0.05) is 25.1 Å². The van der Waals surface area contributed by atoms with E-state index in [9.17, 15) is 4.79 Å². The van der Waals surface area contributed by atoms with Crippen molar-refractivity contribution in [3.05, 3.63) is 35.9 Å². The molecule has 0 saturated carbocycles. The van der Waals surface area contributed by atoms with E-state index in [4.69, 9.17) is 9.47 Å². The Balaban J connectivity index is 1.54. The van der Waals surface area contributed by atoms with Crippen LogP contribution in [-0.4, -0.2) is 42.9 Å². The molecule has 0 bridgehead atoms. The normalized spacial score (nSPS) is 27.3. The molecule has 0 N–H and O–H groups in total. The van der Waals surface area contributed by atoms with Gasteiger partial charge in [0.15, 0.2) is 5.78 Å². The van der Waals surface area contributed by atoms with Crippen molar-refractivity contribution in [2.24, 2.45) is 0 Å². The maximum atomic E-state index is 12.0. The van der Waals surface area contributed by atoms with Crippen molar-refractivity contribution in [2.45, 2.75) is 25.2 Å². The molecular formula is C14H17NO3. The summed E-state index contributed by atoms with van der Waals surface area (Å²) in [6.45, 7) is 2.09. The fourth-order valence-electron chi connectivity index (χ4n) is 2.63. The van der Waals surface area contributed by atoms with Crippen LogP contribution >= 0.6 is 0 Å². The predicted molar refractivity (Wildman–Crippen MR) is 66.2 cm³/mol. The summed E-state index contributed by atoms with van der Waals surface area (Å²) in [4.78, 5) is 14.2. The van der Waals surface area contributed by atoms with Crippen LogP contribution in [0.2, 0.25) is 0 Å². The van der Waals surface area contributed by atoms with Crippen molar-refractivity contribution in [2.75, 3.05) is 19.9 Å². The Hall–Kier alpha value is -1.23. The van der Waals surface area contributed by atoms with E-state index in [1.807, 2.05) is 30.3 Å². The SMILES string of the molecule is O=C(CCN1CCC2OCOC21)c1ccccc1. The third-order valence-corrected chi connectivity index (χ3v) is 3.62. The largest absolute Gasteiger partial charge is 0.348 e. The number of likely N-dealkylation sites (tertiary alicyclic amines) is 1. The van der Waals surface area contributed by atoms with Crippen molar-refractivity contribution >= 4 is 5.78 Å². The van der Waals surface area contributed by atoms with E-state index in [1.165, 1.54) is 0 Å². The minimum atomic E-state index is 0.0635. The number of ketones is 1. The smallest absolute Gasteiger partial charge is 0.164 e. The number of rotatable bonds is 4. The van der Waals surface area contributed by atoms with Gasteiger partial charge < -0.3 is 9.47 Å². The molecule has 18 heavy (non-hydrogen) atoms. The zero-order valence-corrected chi connectivity index (χ0v) is 10.2. The fourth-order valence-corrected chi connectivity index (χ4v) is 2.63. The molecule has 0 aliphatic carbocycles. The number of nitrogens with zero attached hydrogens (tertiary/aromatic N) is 1. The molecular weight excluding hydrogens is 230 g/mol. The van der Waals surface area contributed by atoms with E-state index >= 15 is 0 Å². The highest BCUT2D eigenvalue weighted by molar-refractivity contribution is 5.96. The highest BCUT2D eigenvalue weighted by Crippen LogP contribution is 2.26. The van der Waals surface area contributed by atoms with Crippen LogP contribution in [-0.2, 0) is 9.47 Å². The number of Topliss-reactive ketones (excluding diaryl/α,β-unsaturated/α-hetero) is 1. The maximum Gasteiger partial charge on any atom is 0.164 e. The molecule has 0 radical (unpaired) electrons. The Kier molecular flexibility index (Phi) is 3.41. The van der Waals surface area contributed by atoms with Crippen LogP contribution in [0.5, 0.6) is 0 Å². The lowest BCUT2D eigenvalue weighted by Gasteiger charge is -2.20. The summed E-state index contributed by atoms with van der Waals surface area (Å²) in [7, 11) is 0. The maximum absolute atomic E-state index is 12.0. The Morgan fingerprint density at radius 1 is 1.28 bits per heavy atom. The summed E-state index contributed by atoms with van der Waals surface area (Å²) in [6.07, 6.45) is 1.81. The molecule has 2 saturated heterocycles. The van der Waals surface area contributed by atoms with Crippen molar-refractivity contribution in [3.63, 3.8) is 0 Å². The van der Waals surface area contributed by atoms with Crippen molar-refractivity contribution in [3.8, 4) is 0 Å². The lowest BCUT2D eigenvalue weighted by molar-refractivity contribution is -0.0190. The average Bonchev–Trinajstić information content (AvgIpc) is 3.00. The van der Waals surface area contributed by atoms with Crippen LogP contribution in [0, 0.1) is 0 Å². The third-order valence-electron chi connectivity index (χ3n) is 3.62. The number of hydrogen-bond donors (Lipinski definition) is 0. The van der Waals surface area contributed by atoms with Gasteiger partial charge in [-0.25, -0.2) is 0 Å². The molecule has 1 aromatic carbocycles. The summed E-state index contributed by atoms with van der Waals surface area (Å²) in [5, 5.41) is 0. The summed E-state index contributed by atoms with van der Waals surface area (Å²) < 4.78 is 11.0. The minimum Gasteiger partial charge on any atom is -0.348 e. The Labute approximate surface area is 106 Å². The molecule has 2 fully saturated rings. The van der Waals surface area contributed by atoms with Gasteiger partial charge in [0.05, 0.1) is 0 Å². The molecule has 96 valence electrons. The number of ether oxygens (including phenoxy) is 2. The highest BCUT2D eigenvalue weighted by atomic mass is 16.7. The molecule has 4 nitrogen and oxygen atoms in total. The van der Waals surface area contributed by atoms with Crippen LogP contribution in [0.3, 0.4) is 0 Å². The first-order valence-corrected chi connectivity index (χ1v) is 6.40. The molecule has 2 aliphatic heterocycles. The van der Waals surface area contributed by atoms with Crippen LogP contribution in [0.4, 0.5) is 0 Å². The topological polar surface area (TPSA) is 38.8 Å². The standard InChI is InChI=1S/C14H17NO3/c16-12(11-4-2-1-3-5-11)6-8-15-9-7-13-14(15)18-10-17-13/h1-5,13-14H,6-10H2. The molecule has 0 aromatic heterocycles. The van der Waals surface area contributed by atoms with Gasteiger partial charge in [0.25, 0.3) is 0 Å². The molecule has 4 heteroatoms. The molecule has 2 heterocycles. The number of carbonyl (C=O) groups excluding carboxylic acids is 1. The van der Waals surface area contributed by atoms with Gasteiger partial charge in [-0.2, -0.15) is 0 Å². The van der Waals surface area contributed by atoms with E-state index in [0.717, 1.165) is 25.1 Å². The van der Waals surface area contributed by atoms with Crippen LogP contribution in [0.25, 0.3) is 0 Å². The fraction of sp³-hybridized carbons (Fsp3) is 0.500. The van der Waals surface area contributed by atoms with Crippen LogP contribution in [0.15, 0.2) is 30.3 Å². The van der Waals surface area contributed by atoms with Crippen LogP contribution < -0.4 is 0 Å². The van der Waals surface area contributed by atoms with Gasteiger partial charge in [-0.1, -0.05) is 30.3 Å². The first-order chi connectivity index (χ1) is 8.84. The monoisotopic (exact) mass is 247 g/mol. The van der Waals surface area contributed by atoms with Gasteiger partial charge in [0.1, 0.15) is 19.1 Å². The quantitative estimate of drug-likeness (QED) is 0.759. The molecule has 2 atom stereocenters. The molecule has 0 amide bonds. The van der Waals surface area contributed by atoms with Gasteiger partial charge >= 0.3 is 0 Å². The van der Waals surface area contributed by atoms with Crippen molar-refractivity contribution in [1.82, 2.24) is 4.90 Å². The Morgan fingerprint density at radius 2 is 2.11 bits per heavy atom. The van der Waals surface area contributed by atoms with E-state index in [-0.39, 0.29) is 18.1 Å². The number of carbonyl (C=O) groups is 1. The first kappa shape index (κ1) is 11.8. The molecule has 3 rings (SSSR count).